The Hall–Kier alpha value is -1.10. The number of likely N-dealkylation sites (N-methyl/N-ethyl adjacent to an activating group) is 1. The highest BCUT2D eigenvalue weighted by Gasteiger charge is 2.38. The van der Waals surface area contributed by atoms with Crippen molar-refractivity contribution in [2.45, 2.75) is 32.2 Å². The quantitative estimate of drug-likeness (QED) is 0.697. The number of hydrogen-bond donors (Lipinski definition) is 2. The molecule has 0 aliphatic carbocycles. The summed E-state index contributed by atoms with van der Waals surface area (Å²) in [5.41, 5.74) is -0.313. The van der Waals surface area contributed by atoms with Gasteiger partial charge in [-0.1, -0.05) is 6.92 Å². The van der Waals surface area contributed by atoms with Crippen molar-refractivity contribution < 1.29 is 9.59 Å². The second-order valence-electron chi connectivity index (χ2n) is 5.39. The Bertz CT molecular complexity index is 324. The molecule has 2 aliphatic rings. The van der Waals surface area contributed by atoms with Gasteiger partial charge in [-0.2, -0.15) is 0 Å². The van der Waals surface area contributed by atoms with Gasteiger partial charge < -0.3 is 15.5 Å². The van der Waals surface area contributed by atoms with Crippen LogP contribution in [0.4, 0.5) is 0 Å². The van der Waals surface area contributed by atoms with Crippen LogP contribution in [0.1, 0.15) is 26.2 Å². The number of amides is 2. The van der Waals surface area contributed by atoms with Gasteiger partial charge in [-0.15, -0.1) is 0 Å². The van der Waals surface area contributed by atoms with Crippen LogP contribution in [0.2, 0.25) is 0 Å². The van der Waals surface area contributed by atoms with E-state index in [-0.39, 0.29) is 23.3 Å². The maximum atomic E-state index is 12.2. The normalized spacial score (nSPS) is 28.2. The molecule has 5 heteroatoms. The molecule has 5 nitrogen and oxygen atoms in total. The molecule has 2 rings (SSSR count). The van der Waals surface area contributed by atoms with Gasteiger partial charge in [0.15, 0.2) is 0 Å². The van der Waals surface area contributed by atoms with Crippen LogP contribution < -0.4 is 10.6 Å². The third-order valence-electron chi connectivity index (χ3n) is 3.99. The van der Waals surface area contributed by atoms with Crippen molar-refractivity contribution in [2.75, 3.05) is 26.7 Å². The summed E-state index contributed by atoms with van der Waals surface area (Å²) in [6, 6.07) is -0.306. The Kier molecular flexibility index (Phi) is 3.38. The van der Waals surface area contributed by atoms with Crippen LogP contribution >= 0.6 is 0 Å². The lowest BCUT2D eigenvalue weighted by Gasteiger charge is -2.33. The van der Waals surface area contributed by atoms with Crippen molar-refractivity contribution >= 4 is 11.8 Å². The third kappa shape index (κ3) is 2.44. The van der Waals surface area contributed by atoms with Gasteiger partial charge in [0, 0.05) is 19.0 Å². The smallest absolute Gasteiger partial charge is 0.244 e. The summed E-state index contributed by atoms with van der Waals surface area (Å²) in [4.78, 5) is 25.6. The zero-order valence-corrected chi connectivity index (χ0v) is 10.6. The van der Waals surface area contributed by atoms with E-state index in [0.29, 0.717) is 0 Å². The molecule has 2 N–H and O–H groups in total. The van der Waals surface area contributed by atoms with E-state index in [9.17, 15) is 9.59 Å². The van der Waals surface area contributed by atoms with E-state index in [0.717, 1.165) is 38.9 Å². The van der Waals surface area contributed by atoms with Gasteiger partial charge >= 0.3 is 0 Å². The van der Waals surface area contributed by atoms with Crippen LogP contribution in [0.15, 0.2) is 0 Å². The highest BCUT2D eigenvalue weighted by Crippen LogP contribution is 2.28. The molecule has 2 aliphatic heterocycles. The molecule has 2 fully saturated rings. The lowest BCUT2D eigenvalue weighted by molar-refractivity contribution is -0.136. The second-order valence-corrected chi connectivity index (χ2v) is 5.39. The van der Waals surface area contributed by atoms with E-state index in [1.807, 2.05) is 6.92 Å². The fourth-order valence-corrected chi connectivity index (χ4v) is 2.49. The average Bonchev–Trinajstić information content (AvgIpc) is 2.62. The first kappa shape index (κ1) is 12.4. The molecular weight excluding hydrogens is 218 g/mol. The van der Waals surface area contributed by atoms with E-state index in [2.05, 4.69) is 10.6 Å². The molecule has 0 aromatic rings. The number of carbonyl (C=O) groups excluding carboxylic acids is 2. The molecule has 0 aromatic heterocycles. The molecule has 1 atom stereocenters. The Morgan fingerprint density at radius 3 is 2.65 bits per heavy atom. The summed E-state index contributed by atoms with van der Waals surface area (Å²) < 4.78 is 0. The largest absolute Gasteiger partial charge is 0.344 e. The summed E-state index contributed by atoms with van der Waals surface area (Å²) in [7, 11) is 1.78. The first-order valence-corrected chi connectivity index (χ1v) is 6.30. The zero-order valence-electron chi connectivity index (χ0n) is 10.6. The van der Waals surface area contributed by atoms with Crippen LogP contribution in [-0.4, -0.2) is 49.4 Å². The maximum absolute atomic E-state index is 12.2. The van der Waals surface area contributed by atoms with E-state index in [4.69, 9.17) is 0 Å². The summed E-state index contributed by atoms with van der Waals surface area (Å²) in [6.45, 7) is 4.49. The first-order valence-electron chi connectivity index (χ1n) is 6.30. The number of likely N-dealkylation sites (tertiary alicyclic amines) is 1. The van der Waals surface area contributed by atoms with Crippen molar-refractivity contribution in [1.82, 2.24) is 15.5 Å². The predicted octanol–water partition coefficient (Wildman–Crippen LogP) is -0.277. The minimum absolute atomic E-state index is 0.0349. The fraction of sp³-hybridized carbons (Fsp3) is 0.833. The minimum atomic E-state index is -0.313. The molecule has 2 heterocycles. The lowest BCUT2D eigenvalue weighted by atomic mass is 9.80. The van der Waals surface area contributed by atoms with Crippen molar-refractivity contribution in [3.05, 3.63) is 0 Å². The molecular formula is C12H21N3O2. The van der Waals surface area contributed by atoms with Crippen molar-refractivity contribution in [1.29, 1.82) is 0 Å². The van der Waals surface area contributed by atoms with Gasteiger partial charge in [-0.3, -0.25) is 9.59 Å². The van der Waals surface area contributed by atoms with Crippen LogP contribution in [0.25, 0.3) is 0 Å². The van der Waals surface area contributed by atoms with E-state index in [1.165, 1.54) is 0 Å². The van der Waals surface area contributed by atoms with Crippen molar-refractivity contribution in [3.8, 4) is 0 Å². The zero-order chi connectivity index (χ0) is 12.5. The molecule has 2 amide bonds. The Morgan fingerprint density at radius 1 is 1.47 bits per heavy atom. The molecule has 0 radical (unpaired) electrons. The number of nitrogens with zero attached hydrogens (tertiary/aromatic N) is 1. The summed E-state index contributed by atoms with van der Waals surface area (Å²) in [5.74, 6) is 0.0727. The number of carbonyl (C=O) groups is 2. The summed E-state index contributed by atoms with van der Waals surface area (Å²) in [5, 5.41) is 6.16. The fourth-order valence-electron chi connectivity index (χ4n) is 2.49. The van der Waals surface area contributed by atoms with Gasteiger partial charge in [0.25, 0.3) is 0 Å². The van der Waals surface area contributed by atoms with Gasteiger partial charge in [0.2, 0.25) is 11.8 Å². The lowest BCUT2D eigenvalue weighted by Crippen LogP contribution is -2.50. The van der Waals surface area contributed by atoms with Gasteiger partial charge in [0.05, 0.1) is 0 Å². The molecule has 0 aromatic carbocycles. The molecule has 0 spiro atoms. The number of rotatable bonds is 2. The monoisotopic (exact) mass is 239 g/mol. The van der Waals surface area contributed by atoms with Gasteiger partial charge in [-0.05, 0) is 32.4 Å². The molecule has 0 bridgehead atoms. The minimum Gasteiger partial charge on any atom is -0.344 e. The van der Waals surface area contributed by atoms with Crippen LogP contribution in [0.3, 0.4) is 0 Å². The molecule has 0 saturated carbocycles. The number of hydrogen-bond acceptors (Lipinski definition) is 3. The maximum Gasteiger partial charge on any atom is 0.244 e. The average molecular weight is 239 g/mol. The molecule has 17 heavy (non-hydrogen) atoms. The van der Waals surface area contributed by atoms with Crippen molar-refractivity contribution in [3.63, 3.8) is 0 Å². The Morgan fingerprint density at radius 2 is 2.12 bits per heavy atom. The van der Waals surface area contributed by atoms with Gasteiger partial charge in [0.1, 0.15) is 6.04 Å². The Balaban J connectivity index is 1.94. The topological polar surface area (TPSA) is 61.4 Å². The third-order valence-corrected chi connectivity index (χ3v) is 3.99. The van der Waals surface area contributed by atoms with Crippen LogP contribution in [0.5, 0.6) is 0 Å². The van der Waals surface area contributed by atoms with E-state index in [1.54, 1.807) is 11.9 Å². The number of nitrogens with one attached hydrogen (secondary N) is 2. The van der Waals surface area contributed by atoms with E-state index < -0.39 is 0 Å². The molecule has 2 saturated heterocycles. The van der Waals surface area contributed by atoms with Crippen LogP contribution in [-0.2, 0) is 9.59 Å². The van der Waals surface area contributed by atoms with Gasteiger partial charge in [-0.25, -0.2) is 0 Å². The number of piperidine rings is 1. The summed E-state index contributed by atoms with van der Waals surface area (Å²) >= 11 is 0. The predicted molar refractivity (Wildman–Crippen MR) is 64.4 cm³/mol. The standard InChI is InChI=1S/C12H21N3O2/c1-12(4-6-13-7-5-12)11(17)14-9-3-8-15(2)10(9)16/h9,13H,3-8H2,1-2H3,(H,14,17). The summed E-state index contributed by atoms with van der Waals surface area (Å²) in [6.07, 6.45) is 2.42. The van der Waals surface area contributed by atoms with E-state index >= 15 is 0 Å². The molecule has 96 valence electrons. The van der Waals surface area contributed by atoms with Crippen LogP contribution in [0, 0.1) is 5.41 Å². The first-order chi connectivity index (χ1) is 8.03. The SMILES string of the molecule is CN1CCC(NC(=O)C2(C)CCNCC2)C1=O. The molecule has 1 unspecified atom stereocenters. The Labute approximate surface area is 102 Å². The highest BCUT2D eigenvalue weighted by atomic mass is 16.2. The second kappa shape index (κ2) is 4.64. The highest BCUT2D eigenvalue weighted by molar-refractivity contribution is 5.91. The van der Waals surface area contributed by atoms with Crippen molar-refractivity contribution in [2.24, 2.45) is 5.41 Å².